The molecule has 0 radical (unpaired) electrons. The fourth-order valence-electron chi connectivity index (χ4n) is 9.23. The first-order valence-electron chi connectivity index (χ1n) is 22.5. The zero-order valence-electron chi connectivity index (χ0n) is 36.1. The van der Waals surface area contributed by atoms with Crippen molar-refractivity contribution in [3.05, 3.63) is 66.2 Å². The summed E-state index contributed by atoms with van der Waals surface area (Å²) in [5.41, 5.74) is 1.73. The molecule has 2 aromatic carbocycles. The number of hydrogen-bond acceptors (Lipinski definition) is 11. The van der Waals surface area contributed by atoms with E-state index in [1.165, 1.54) is 4.90 Å². The lowest BCUT2D eigenvalue weighted by Gasteiger charge is -2.30. The Kier molecular flexibility index (Phi) is 11.5. The number of nitrogens with one attached hydrogen (secondary N) is 3. The number of carbonyl (C=O) groups excluding carboxylic acids is 4. The van der Waals surface area contributed by atoms with E-state index in [1.54, 1.807) is 0 Å². The van der Waals surface area contributed by atoms with Gasteiger partial charge in [-0.1, -0.05) is 82.2 Å². The van der Waals surface area contributed by atoms with Crippen LogP contribution < -0.4 is 20.1 Å². The van der Waals surface area contributed by atoms with Gasteiger partial charge in [0.25, 0.3) is 11.8 Å². The summed E-state index contributed by atoms with van der Waals surface area (Å²) in [7, 11) is -3.92. The van der Waals surface area contributed by atoms with Gasteiger partial charge in [0, 0.05) is 23.3 Å². The molecule has 1 saturated heterocycles. The second kappa shape index (κ2) is 16.9. The highest BCUT2D eigenvalue weighted by atomic mass is 32.2. The van der Waals surface area contributed by atoms with Crippen LogP contribution in [-0.4, -0.2) is 88.7 Å². The van der Waals surface area contributed by atoms with Crippen molar-refractivity contribution in [2.24, 2.45) is 5.92 Å². The van der Waals surface area contributed by atoms with E-state index >= 15 is 0 Å². The average Bonchev–Trinajstić information content (AvgIpc) is 4.06. The molecule has 4 amide bonds. The van der Waals surface area contributed by atoms with Gasteiger partial charge in [0.05, 0.1) is 11.8 Å². The molecule has 4 fully saturated rings. The van der Waals surface area contributed by atoms with Gasteiger partial charge in [-0.2, -0.15) is 4.98 Å². The number of hydrogen-bond donors (Lipinski definition) is 3. The summed E-state index contributed by atoms with van der Waals surface area (Å²) in [6.07, 6.45) is 9.88. The van der Waals surface area contributed by atoms with Gasteiger partial charge < -0.3 is 29.4 Å². The number of furan rings is 1. The van der Waals surface area contributed by atoms with Crippen LogP contribution in [0, 0.1) is 5.92 Å². The van der Waals surface area contributed by atoms with Gasteiger partial charge in [0.15, 0.2) is 5.82 Å². The third-order valence-corrected chi connectivity index (χ3v) is 15.0. The number of benzene rings is 2. The summed E-state index contributed by atoms with van der Waals surface area (Å²) in [5.74, 6) is -1.83. The van der Waals surface area contributed by atoms with E-state index in [0.717, 1.165) is 55.0 Å². The smallest absolute Gasteiger partial charge is 0.408 e. The van der Waals surface area contributed by atoms with Crippen LogP contribution in [-0.2, 0) is 34.6 Å². The normalized spacial score (nSPS) is 26.6. The van der Waals surface area contributed by atoms with Crippen LogP contribution in [0.2, 0.25) is 0 Å². The Balaban J connectivity index is 1.05. The summed E-state index contributed by atoms with van der Waals surface area (Å²) >= 11 is 0. The maximum atomic E-state index is 14.8. The van der Waals surface area contributed by atoms with Crippen molar-refractivity contribution in [1.29, 1.82) is 0 Å². The monoisotopic (exact) mass is 880 g/mol. The quantitative estimate of drug-likeness (QED) is 0.159. The van der Waals surface area contributed by atoms with Crippen LogP contribution in [0.3, 0.4) is 0 Å². The number of para-hydroxylation sites is 1. The molecule has 16 heteroatoms. The molecule has 0 spiro atoms. The van der Waals surface area contributed by atoms with E-state index in [1.807, 2.05) is 60.7 Å². The maximum Gasteiger partial charge on any atom is 0.408 e. The van der Waals surface area contributed by atoms with Crippen molar-refractivity contribution >= 4 is 55.9 Å². The zero-order valence-corrected chi connectivity index (χ0v) is 36.9. The molecule has 334 valence electrons. The fourth-order valence-corrected chi connectivity index (χ4v) is 10.6. The van der Waals surface area contributed by atoms with Crippen molar-refractivity contribution in [3.8, 4) is 17.3 Å². The molecule has 2 aliphatic heterocycles. The van der Waals surface area contributed by atoms with E-state index in [4.69, 9.17) is 23.9 Å². The molecule has 3 aliphatic carbocycles. The number of aromatic nitrogens is 2. The maximum absolute atomic E-state index is 14.8. The number of sulfonamides is 1. The molecule has 4 heterocycles. The Hall–Kier alpha value is -5.51. The first kappa shape index (κ1) is 42.8. The minimum Gasteiger partial charge on any atom is -0.470 e. The second-order valence-corrected chi connectivity index (χ2v) is 20.9. The van der Waals surface area contributed by atoms with Gasteiger partial charge in [0.1, 0.15) is 40.9 Å². The predicted molar refractivity (Wildman–Crippen MR) is 235 cm³/mol. The lowest BCUT2D eigenvalue weighted by molar-refractivity contribution is -0.141. The SMILES string of the molecule is CC(C)(C)c1ccc(-c2nc(O[C@@H]3C[C@H]4C(=O)N[C@]5(C(=O)NS(=O)(=O)C6CC6)C[C@H]5/C=C\CCCCC[C@H](NC(=O)OC5CCCC5)C(=O)N4C3)c3oc4ccccc4c3n2)cc1. The number of nitrogens with zero attached hydrogens (tertiary/aromatic N) is 3. The minimum atomic E-state index is -3.92. The Morgan fingerprint density at radius 3 is 2.41 bits per heavy atom. The molecular weight excluding hydrogens is 825 g/mol. The van der Waals surface area contributed by atoms with Crippen LogP contribution in [0.1, 0.15) is 110 Å². The first-order valence-corrected chi connectivity index (χ1v) is 24.0. The predicted octanol–water partition coefficient (Wildman–Crippen LogP) is 6.73. The number of amides is 4. The van der Waals surface area contributed by atoms with Crippen LogP contribution in [0.25, 0.3) is 33.5 Å². The average molecular weight is 881 g/mol. The highest BCUT2D eigenvalue weighted by molar-refractivity contribution is 7.91. The Bertz CT molecular complexity index is 2560. The van der Waals surface area contributed by atoms with Gasteiger partial charge in [0.2, 0.25) is 27.4 Å². The van der Waals surface area contributed by atoms with E-state index in [0.29, 0.717) is 54.6 Å². The number of carbonyl (C=O) groups is 4. The standard InChI is InChI=1S/C47H56N6O9S/c1-46(2,3)29-21-19-28(20-22-29)40-49-38-34-16-11-12-18-37(34)62-39(38)42(50-40)60-32-25-36-41(54)51-47(44(56)52-63(58,59)33-23-24-33)26-30(47)13-7-5-4-6-8-17-35(43(55)53(36)27-32)48-45(57)61-31-14-9-10-15-31/h7,11-13,16,18-22,30-33,35-36H,4-6,8-10,14-15,17,23-27H2,1-3H3,(H,48,57)(H,51,54)(H,52,56)/b13-7-/t30-,32-,35+,36+,47-/m1/s1. The molecule has 63 heavy (non-hydrogen) atoms. The number of allylic oxidation sites excluding steroid dienone is 1. The topological polar surface area (TPSA) is 199 Å². The van der Waals surface area contributed by atoms with E-state index < -0.39 is 68.7 Å². The zero-order chi connectivity index (χ0) is 44.1. The van der Waals surface area contributed by atoms with Crippen LogP contribution in [0.4, 0.5) is 4.79 Å². The Morgan fingerprint density at radius 2 is 1.67 bits per heavy atom. The molecule has 4 aromatic rings. The van der Waals surface area contributed by atoms with E-state index in [-0.39, 0.29) is 36.8 Å². The van der Waals surface area contributed by atoms with Crippen molar-refractivity contribution in [2.45, 2.75) is 145 Å². The number of alkyl carbamates (subject to hydrolysis) is 1. The summed E-state index contributed by atoms with van der Waals surface area (Å²) in [6, 6.07) is 13.4. The fraction of sp³-hybridized carbons (Fsp3) is 0.532. The molecule has 3 saturated carbocycles. The summed E-state index contributed by atoms with van der Waals surface area (Å²) in [4.78, 5) is 68.0. The number of fused-ring (bicyclic) bond motifs is 5. The van der Waals surface area contributed by atoms with Gasteiger partial charge in [-0.15, -0.1) is 0 Å². The first-order chi connectivity index (χ1) is 30.2. The van der Waals surface area contributed by atoms with E-state index in [2.05, 4.69) is 36.1 Å². The number of rotatable bonds is 8. The summed E-state index contributed by atoms with van der Waals surface area (Å²) < 4.78 is 47.0. The largest absolute Gasteiger partial charge is 0.470 e. The molecule has 0 unspecified atom stereocenters. The Labute approximate surface area is 367 Å². The minimum absolute atomic E-state index is 0.00324. The van der Waals surface area contributed by atoms with Crippen LogP contribution >= 0.6 is 0 Å². The van der Waals surface area contributed by atoms with Crippen molar-refractivity contribution in [2.75, 3.05) is 6.54 Å². The third kappa shape index (κ3) is 9.00. The summed E-state index contributed by atoms with van der Waals surface area (Å²) in [5, 5.41) is 5.88. The van der Waals surface area contributed by atoms with Crippen molar-refractivity contribution < 1.29 is 41.5 Å². The van der Waals surface area contributed by atoms with Crippen LogP contribution in [0.5, 0.6) is 5.88 Å². The Morgan fingerprint density at radius 1 is 0.921 bits per heavy atom. The molecule has 15 nitrogen and oxygen atoms in total. The molecule has 3 N–H and O–H groups in total. The number of ether oxygens (including phenoxy) is 2. The van der Waals surface area contributed by atoms with Crippen molar-refractivity contribution in [1.82, 2.24) is 30.2 Å². The van der Waals surface area contributed by atoms with Crippen molar-refractivity contribution in [3.63, 3.8) is 0 Å². The van der Waals surface area contributed by atoms with E-state index in [9.17, 15) is 27.6 Å². The summed E-state index contributed by atoms with van der Waals surface area (Å²) in [6.45, 7) is 6.36. The molecule has 5 aliphatic rings. The van der Waals surface area contributed by atoms with Gasteiger partial charge in [-0.3, -0.25) is 19.1 Å². The van der Waals surface area contributed by atoms with Crippen LogP contribution in [0.15, 0.2) is 65.1 Å². The molecule has 5 atom stereocenters. The highest BCUT2D eigenvalue weighted by Crippen LogP contribution is 2.46. The second-order valence-electron chi connectivity index (χ2n) is 19.0. The third-order valence-electron chi connectivity index (χ3n) is 13.2. The molecular formula is C47H56N6O9S. The molecule has 9 rings (SSSR count). The lowest BCUT2D eigenvalue weighted by Crippen LogP contribution is -2.58. The highest BCUT2D eigenvalue weighted by Gasteiger charge is 2.62. The molecule has 0 bridgehead atoms. The van der Waals surface area contributed by atoms with Gasteiger partial charge in [-0.25, -0.2) is 18.2 Å². The molecule has 2 aromatic heterocycles. The van der Waals surface area contributed by atoms with Gasteiger partial charge in [-0.05, 0) is 87.3 Å². The lowest BCUT2D eigenvalue weighted by atomic mass is 9.87. The van der Waals surface area contributed by atoms with Gasteiger partial charge >= 0.3 is 6.09 Å².